The van der Waals surface area contributed by atoms with Gasteiger partial charge in [-0.15, -0.1) is 0 Å². The number of unbranched alkanes of at least 4 members (excludes halogenated alkanes) is 1. The normalized spacial score (nSPS) is 15.8. The highest BCUT2D eigenvalue weighted by molar-refractivity contribution is 5.74. The first kappa shape index (κ1) is 22.4. The Bertz CT molecular complexity index is 1230. The molecule has 0 bridgehead atoms. The van der Waals surface area contributed by atoms with Crippen molar-refractivity contribution in [2.24, 2.45) is 0 Å². The van der Waals surface area contributed by atoms with Gasteiger partial charge >= 0.3 is 0 Å². The van der Waals surface area contributed by atoms with Crippen LogP contribution < -0.4 is 0 Å². The van der Waals surface area contributed by atoms with E-state index >= 15 is 0 Å². The van der Waals surface area contributed by atoms with Crippen molar-refractivity contribution in [2.75, 3.05) is 20.1 Å². The first-order valence-electron chi connectivity index (χ1n) is 12.1. The van der Waals surface area contributed by atoms with Crippen LogP contribution >= 0.6 is 0 Å². The van der Waals surface area contributed by atoms with Gasteiger partial charge in [0.25, 0.3) is 0 Å². The van der Waals surface area contributed by atoms with Gasteiger partial charge in [0.1, 0.15) is 11.9 Å². The van der Waals surface area contributed by atoms with Crippen molar-refractivity contribution < 1.29 is 4.74 Å². The predicted octanol–water partition coefficient (Wildman–Crippen LogP) is 4.79. The number of nitrogens with zero attached hydrogens (tertiary/aromatic N) is 4. The first-order chi connectivity index (χ1) is 16.7. The average Bonchev–Trinajstić information content (AvgIpc) is 3.53. The third-order valence-corrected chi connectivity index (χ3v) is 6.32. The maximum absolute atomic E-state index is 6.70. The lowest BCUT2D eigenvalue weighted by molar-refractivity contribution is -0.0264. The molecule has 1 fully saturated rings. The van der Waals surface area contributed by atoms with Crippen LogP contribution in [0.4, 0.5) is 0 Å². The van der Waals surface area contributed by atoms with Crippen molar-refractivity contribution in [1.29, 1.82) is 0 Å². The molecule has 0 aliphatic carbocycles. The second-order valence-corrected chi connectivity index (χ2v) is 8.96. The van der Waals surface area contributed by atoms with E-state index in [1.165, 1.54) is 0 Å². The summed E-state index contributed by atoms with van der Waals surface area (Å²) in [6.45, 7) is 3.00. The fraction of sp³-hybridized carbons (Fsp3) is 0.357. The van der Waals surface area contributed by atoms with Crippen LogP contribution in [-0.2, 0) is 11.3 Å². The van der Waals surface area contributed by atoms with Crippen molar-refractivity contribution >= 4 is 11.0 Å². The van der Waals surface area contributed by atoms with Crippen LogP contribution in [0.2, 0.25) is 0 Å². The summed E-state index contributed by atoms with van der Waals surface area (Å²) in [4.78, 5) is 10.7. The molecule has 1 unspecified atom stereocenters. The fourth-order valence-corrected chi connectivity index (χ4v) is 4.42. The van der Waals surface area contributed by atoms with Crippen LogP contribution in [-0.4, -0.2) is 50.9 Å². The summed E-state index contributed by atoms with van der Waals surface area (Å²) in [5.74, 6) is 7.50. The Hall–Kier alpha value is -3.40. The van der Waals surface area contributed by atoms with E-state index in [1.54, 1.807) is 0 Å². The molecule has 5 rings (SSSR count). The van der Waals surface area contributed by atoms with Crippen molar-refractivity contribution in [3.63, 3.8) is 0 Å². The Morgan fingerprint density at radius 3 is 2.82 bits per heavy atom. The van der Waals surface area contributed by atoms with E-state index in [4.69, 9.17) is 9.72 Å². The Labute approximate surface area is 201 Å². The Kier molecular flexibility index (Phi) is 7.04. The van der Waals surface area contributed by atoms with Gasteiger partial charge in [-0.25, -0.2) is 4.98 Å². The average molecular weight is 454 g/mol. The summed E-state index contributed by atoms with van der Waals surface area (Å²) in [7, 11) is 2.17. The summed E-state index contributed by atoms with van der Waals surface area (Å²) >= 11 is 0. The number of aromatic nitrogens is 4. The Balaban J connectivity index is 1.34. The molecule has 1 aliphatic heterocycles. The molecule has 1 atom stereocenters. The molecule has 2 aromatic carbocycles. The van der Waals surface area contributed by atoms with Crippen molar-refractivity contribution in [3.05, 3.63) is 83.9 Å². The third kappa shape index (κ3) is 5.56. The number of nitrogens with one attached hydrogen (secondary N) is 1. The fourth-order valence-electron chi connectivity index (χ4n) is 4.42. The van der Waals surface area contributed by atoms with Crippen molar-refractivity contribution in [2.45, 2.75) is 44.4 Å². The zero-order valence-corrected chi connectivity index (χ0v) is 19.7. The van der Waals surface area contributed by atoms with E-state index in [2.05, 4.69) is 64.2 Å². The quantitative estimate of drug-likeness (QED) is 0.323. The van der Waals surface area contributed by atoms with Crippen molar-refractivity contribution in [3.8, 4) is 11.8 Å². The molecule has 1 N–H and O–H groups in total. The molecule has 3 heterocycles. The van der Waals surface area contributed by atoms with Gasteiger partial charge in [-0.05, 0) is 62.2 Å². The summed E-state index contributed by atoms with van der Waals surface area (Å²) in [5.41, 5.74) is 4.08. The minimum atomic E-state index is -0.248. The summed E-state index contributed by atoms with van der Waals surface area (Å²) in [5, 5.41) is 4.24. The standard InChI is InChI=1S/C28H31N5O/c1-32-19-14-24(15-20-32)34-27(28-30-25-12-4-5-13-26(25)31-28)23-11-7-10-22(21-23)9-3-2-6-17-33-18-8-16-29-33/h4-5,7-8,10-13,16,18,21,24,27H,2,6,14-15,17,19-20H2,1H3,(H,30,31). The zero-order valence-electron chi connectivity index (χ0n) is 19.7. The number of H-pyrrole nitrogens is 1. The Morgan fingerprint density at radius 1 is 1.12 bits per heavy atom. The lowest BCUT2D eigenvalue weighted by Crippen LogP contribution is -2.35. The lowest BCUT2D eigenvalue weighted by atomic mass is 10.0. The monoisotopic (exact) mass is 453 g/mol. The van der Waals surface area contributed by atoms with Crippen LogP contribution in [0.5, 0.6) is 0 Å². The highest BCUT2D eigenvalue weighted by Crippen LogP contribution is 2.30. The summed E-state index contributed by atoms with van der Waals surface area (Å²) < 4.78 is 8.65. The first-order valence-corrected chi connectivity index (χ1v) is 12.1. The highest BCUT2D eigenvalue weighted by atomic mass is 16.5. The van der Waals surface area contributed by atoms with E-state index in [-0.39, 0.29) is 12.2 Å². The van der Waals surface area contributed by atoms with Crippen LogP contribution in [0.1, 0.15) is 48.7 Å². The number of likely N-dealkylation sites (tertiary alicyclic amines) is 1. The molecule has 0 spiro atoms. The van der Waals surface area contributed by atoms with E-state index in [1.807, 2.05) is 41.3 Å². The molecule has 4 aromatic rings. The number of imidazole rings is 1. The molecular weight excluding hydrogens is 422 g/mol. The number of ether oxygens (including phenoxy) is 1. The molecule has 0 saturated carbocycles. The smallest absolute Gasteiger partial charge is 0.141 e. The molecular formula is C28H31N5O. The number of rotatable bonds is 7. The van der Waals surface area contributed by atoms with Gasteiger partial charge in [0, 0.05) is 44.0 Å². The number of aromatic amines is 1. The number of aryl methyl sites for hydroxylation is 1. The van der Waals surface area contributed by atoms with Crippen molar-refractivity contribution in [1.82, 2.24) is 24.6 Å². The Morgan fingerprint density at radius 2 is 2.00 bits per heavy atom. The van der Waals surface area contributed by atoms with Gasteiger partial charge in [-0.3, -0.25) is 4.68 Å². The number of piperidine rings is 1. The minimum Gasteiger partial charge on any atom is -0.362 e. The molecule has 0 amide bonds. The topological polar surface area (TPSA) is 59.0 Å². The molecule has 34 heavy (non-hydrogen) atoms. The predicted molar refractivity (Wildman–Crippen MR) is 134 cm³/mol. The van der Waals surface area contributed by atoms with Crippen LogP contribution in [0, 0.1) is 11.8 Å². The number of hydrogen-bond acceptors (Lipinski definition) is 4. The highest BCUT2D eigenvalue weighted by Gasteiger charge is 2.26. The second kappa shape index (κ2) is 10.7. The third-order valence-electron chi connectivity index (χ3n) is 6.32. The SMILES string of the molecule is CN1CCC(OC(c2cccc(C#CCCCn3cccn3)c2)c2nc3ccccc3[nH]2)CC1. The molecule has 6 nitrogen and oxygen atoms in total. The summed E-state index contributed by atoms with van der Waals surface area (Å²) in [6, 6.07) is 18.5. The molecule has 174 valence electrons. The maximum Gasteiger partial charge on any atom is 0.141 e. The van der Waals surface area contributed by atoms with E-state index in [0.717, 1.165) is 73.3 Å². The van der Waals surface area contributed by atoms with E-state index < -0.39 is 0 Å². The largest absolute Gasteiger partial charge is 0.362 e. The van der Waals surface area contributed by atoms with Crippen LogP contribution in [0.15, 0.2) is 67.0 Å². The number of fused-ring (bicyclic) bond motifs is 1. The number of benzene rings is 2. The van der Waals surface area contributed by atoms with E-state index in [0.29, 0.717) is 0 Å². The van der Waals surface area contributed by atoms with Crippen LogP contribution in [0.25, 0.3) is 11.0 Å². The van der Waals surface area contributed by atoms with Gasteiger partial charge in [-0.1, -0.05) is 36.1 Å². The second-order valence-electron chi connectivity index (χ2n) is 8.96. The maximum atomic E-state index is 6.70. The van der Waals surface area contributed by atoms with E-state index in [9.17, 15) is 0 Å². The molecule has 2 aromatic heterocycles. The zero-order chi connectivity index (χ0) is 23.2. The van der Waals surface area contributed by atoms with Gasteiger partial charge < -0.3 is 14.6 Å². The number of para-hydroxylation sites is 2. The minimum absolute atomic E-state index is 0.214. The molecule has 1 saturated heterocycles. The molecule has 6 heteroatoms. The number of hydrogen-bond donors (Lipinski definition) is 1. The van der Waals surface area contributed by atoms with Crippen LogP contribution in [0.3, 0.4) is 0 Å². The van der Waals surface area contributed by atoms with Gasteiger partial charge in [0.05, 0.1) is 17.1 Å². The van der Waals surface area contributed by atoms with Gasteiger partial charge in [0.15, 0.2) is 0 Å². The van der Waals surface area contributed by atoms with Gasteiger partial charge in [-0.2, -0.15) is 5.10 Å². The molecule has 1 aliphatic rings. The lowest BCUT2D eigenvalue weighted by Gasteiger charge is -2.31. The van der Waals surface area contributed by atoms with Gasteiger partial charge in [0.2, 0.25) is 0 Å². The summed E-state index contributed by atoms with van der Waals surface area (Å²) in [6.07, 6.45) is 7.64. The molecule has 0 radical (unpaired) electrons.